The third-order valence-corrected chi connectivity index (χ3v) is 4.91. The van der Waals surface area contributed by atoms with E-state index in [4.69, 9.17) is 9.47 Å². The summed E-state index contributed by atoms with van der Waals surface area (Å²) in [5.41, 5.74) is 3.56. The maximum absolute atomic E-state index is 12.4. The summed E-state index contributed by atoms with van der Waals surface area (Å²) in [5.74, 6) is 1.49. The number of carbonyl (C=O) groups excluding carboxylic acids is 1. The van der Waals surface area contributed by atoms with Crippen LogP contribution in [0.2, 0.25) is 0 Å². The number of ketones is 1. The number of allylic oxidation sites excluding steroid dienone is 1. The normalized spacial score (nSPS) is 10.8. The van der Waals surface area contributed by atoms with Gasteiger partial charge in [-0.1, -0.05) is 48.0 Å². The Bertz CT molecular complexity index is 1010. The van der Waals surface area contributed by atoms with Gasteiger partial charge in [-0.2, -0.15) is 0 Å². The molecule has 4 heteroatoms. The van der Waals surface area contributed by atoms with Crippen LogP contribution in [0.15, 0.2) is 77.3 Å². The van der Waals surface area contributed by atoms with Gasteiger partial charge >= 0.3 is 0 Å². The predicted octanol–water partition coefficient (Wildman–Crippen LogP) is 6.24. The van der Waals surface area contributed by atoms with Gasteiger partial charge in [-0.15, -0.1) is 0 Å². The Morgan fingerprint density at radius 1 is 1.00 bits per heavy atom. The Hall–Kier alpha value is -2.85. The van der Waals surface area contributed by atoms with Crippen LogP contribution in [0.1, 0.15) is 27.0 Å². The second-order valence-electron chi connectivity index (χ2n) is 6.36. The minimum absolute atomic E-state index is 0.0227. The summed E-state index contributed by atoms with van der Waals surface area (Å²) in [5, 5.41) is 0. The Kier molecular flexibility index (Phi) is 6.66. The molecular formula is C24H21BrO3. The van der Waals surface area contributed by atoms with E-state index in [0.717, 1.165) is 32.7 Å². The van der Waals surface area contributed by atoms with Crippen LogP contribution in [0.25, 0.3) is 6.08 Å². The average molecular weight is 437 g/mol. The lowest BCUT2D eigenvalue weighted by molar-refractivity contribution is 0.104. The first kappa shape index (κ1) is 19.9. The number of aryl methyl sites for hydroxylation is 1. The van der Waals surface area contributed by atoms with E-state index < -0.39 is 0 Å². The van der Waals surface area contributed by atoms with Crippen LogP contribution in [0, 0.1) is 6.92 Å². The molecule has 0 bridgehead atoms. The van der Waals surface area contributed by atoms with E-state index in [1.807, 2.05) is 79.7 Å². The Morgan fingerprint density at radius 2 is 1.82 bits per heavy atom. The Balaban J connectivity index is 1.76. The summed E-state index contributed by atoms with van der Waals surface area (Å²) in [6.45, 7) is 2.33. The zero-order chi connectivity index (χ0) is 19.9. The summed E-state index contributed by atoms with van der Waals surface area (Å²) in [6.07, 6.45) is 3.40. The van der Waals surface area contributed by atoms with E-state index in [0.29, 0.717) is 12.2 Å². The number of para-hydroxylation sites is 1. The molecule has 28 heavy (non-hydrogen) atoms. The van der Waals surface area contributed by atoms with E-state index in [9.17, 15) is 4.79 Å². The average Bonchev–Trinajstić information content (AvgIpc) is 2.71. The highest BCUT2D eigenvalue weighted by atomic mass is 79.9. The zero-order valence-corrected chi connectivity index (χ0v) is 17.4. The molecule has 0 fully saturated rings. The number of benzene rings is 3. The van der Waals surface area contributed by atoms with Crippen LogP contribution < -0.4 is 9.47 Å². The van der Waals surface area contributed by atoms with E-state index in [1.165, 1.54) is 0 Å². The molecule has 0 aliphatic rings. The summed E-state index contributed by atoms with van der Waals surface area (Å²) < 4.78 is 12.3. The maximum Gasteiger partial charge on any atom is 0.185 e. The molecule has 0 atom stereocenters. The lowest BCUT2D eigenvalue weighted by atomic mass is 10.1. The van der Waals surface area contributed by atoms with Gasteiger partial charge in [0, 0.05) is 11.1 Å². The van der Waals surface area contributed by atoms with E-state index in [-0.39, 0.29) is 5.78 Å². The van der Waals surface area contributed by atoms with Crippen LogP contribution in [0.4, 0.5) is 0 Å². The predicted molar refractivity (Wildman–Crippen MR) is 116 cm³/mol. The summed E-state index contributed by atoms with van der Waals surface area (Å²) in [6, 6.07) is 21.0. The van der Waals surface area contributed by atoms with Crippen molar-refractivity contribution in [1.29, 1.82) is 0 Å². The van der Waals surface area contributed by atoms with Crippen molar-refractivity contribution in [3.8, 4) is 11.5 Å². The maximum atomic E-state index is 12.4. The fourth-order valence-corrected chi connectivity index (χ4v) is 3.20. The molecule has 3 rings (SSSR count). The molecule has 3 aromatic rings. The standard InChI is InChI=1S/C24H21BrO3/c1-17-6-5-7-19(14-17)22(26)12-10-18-11-13-23(27-2)20(15-18)16-28-24-9-4-3-8-21(24)25/h3-15H,16H2,1-2H3/b12-10+. The summed E-state index contributed by atoms with van der Waals surface area (Å²) in [4.78, 5) is 12.4. The first-order valence-corrected chi connectivity index (χ1v) is 9.69. The SMILES string of the molecule is COc1ccc(/C=C/C(=O)c2cccc(C)c2)cc1COc1ccccc1Br. The van der Waals surface area contributed by atoms with Crippen LogP contribution >= 0.6 is 15.9 Å². The number of rotatable bonds is 7. The molecule has 0 radical (unpaired) electrons. The largest absolute Gasteiger partial charge is 0.496 e. The van der Waals surface area contributed by atoms with Gasteiger partial charge in [-0.3, -0.25) is 4.79 Å². The lowest BCUT2D eigenvalue weighted by Crippen LogP contribution is -2.00. The second kappa shape index (κ2) is 9.38. The van der Waals surface area contributed by atoms with Crippen LogP contribution in [-0.2, 0) is 6.61 Å². The molecule has 0 N–H and O–H groups in total. The van der Waals surface area contributed by atoms with E-state index >= 15 is 0 Å². The number of ether oxygens (including phenoxy) is 2. The van der Waals surface area contributed by atoms with Crippen molar-refractivity contribution in [2.45, 2.75) is 13.5 Å². The summed E-state index contributed by atoms with van der Waals surface area (Å²) >= 11 is 3.48. The van der Waals surface area contributed by atoms with E-state index in [2.05, 4.69) is 15.9 Å². The van der Waals surface area contributed by atoms with Gasteiger partial charge in [-0.25, -0.2) is 0 Å². The third kappa shape index (κ3) is 5.11. The van der Waals surface area contributed by atoms with Crippen molar-refractivity contribution >= 4 is 27.8 Å². The first-order chi connectivity index (χ1) is 13.6. The molecule has 0 spiro atoms. The molecule has 0 aliphatic carbocycles. The fourth-order valence-electron chi connectivity index (χ4n) is 2.80. The minimum atomic E-state index is -0.0227. The molecule has 0 saturated heterocycles. The highest BCUT2D eigenvalue weighted by Crippen LogP contribution is 2.27. The quantitative estimate of drug-likeness (QED) is 0.324. The third-order valence-electron chi connectivity index (χ3n) is 4.25. The van der Waals surface area contributed by atoms with Gasteiger partial charge in [0.05, 0.1) is 11.6 Å². The van der Waals surface area contributed by atoms with Gasteiger partial charge in [0.25, 0.3) is 0 Å². The molecular weight excluding hydrogens is 416 g/mol. The molecule has 0 saturated carbocycles. The lowest BCUT2D eigenvalue weighted by Gasteiger charge is -2.12. The number of hydrogen-bond acceptors (Lipinski definition) is 3. The minimum Gasteiger partial charge on any atom is -0.496 e. The van der Waals surface area contributed by atoms with Crippen molar-refractivity contribution in [2.75, 3.05) is 7.11 Å². The molecule has 0 aromatic heterocycles. The number of hydrogen-bond donors (Lipinski definition) is 0. The number of carbonyl (C=O) groups is 1. The van der Waals surface area contributed by atoms with Gasteiger partial charge in [-0.05, 0) is 64.8 Å². The number of halogens is 1. The van der Waals surface area contributed by atoms with Crippen LogP contribution in [0.3, 0.4) is 0 Å². The highest BCUT2D eigenvalue weighted by molar-refractivity contribution is 9.10. The molecule has 0 aliphatic heterocycles. The molecule has 0 unspecified atom stereocenters. The van der Waals surface area contributed by atoms with Gasteiger partial charge < -0.3 is 9.47 Å². The number of methoxy groups -OCH3 is 1. The van der Waals surface area contributed by atoms with E-state index in [1.54, 1.807) is 13.2 Å². The Morgan fingerprint density at radius 3 is 2.57 bits per heavy atom. The Labute approximate surface area is 173 Å². The van der Waals surface area contributed by atoms with Crippen molar-refractivity contribution in [3.05, 3.63) is 99.5 Å². The molecule has 0 amide bonds. The first-order valence-electron chi connectivity index (χ1n) is 8.90. The van der Waals surface area contributed by atoms with Crippen molar-refractivity contribution in [2.24, 2.45) is 0 Å². The van der Waals surface area contributed by atoms with Gasteiger partial charge in [0.15, 0.2) is 5.78 Å². The van der Waals surface area contributed by atoms with Crippen molar-refractivity contribution < 1.29 is 14.3 Å². The second-order valence-corrected chi connectivity index (χ2v) is 7.21. The van der Waals surface area contributed by atoms with Crippen LogP contribution in [-0.4, -0.2) is 12.9 Å². The monoisotopic (exact) mass is 436 g/mol. The molecule has 142 valence electrons. The fraction of sp³-hybridized carbons (Fsp3) is 0.125. The highest BCUT2D eigenvalue weighted by Gasteiger charge is 2.07. The van der Waals surface area contributed by atoms with Crippen molar-refractivity contribution in [3.63, 3.8) is 0 Å². The van der Waals surface area contributed by atoms with Crippen LogP contribution in [0.5, 0.6) is 11.5 Å². The topological polar surface area (TPSA) is 35.5 Å². The molecule has 0 heterocycles. The molecule has 3 nitrogen and oxygen atoms in total. The van der Waals surface area contributed by atoms with Gasteiger partial charge in [0.2, 0.25) is 0 Å². The smallest absolute Gasteiger partial charge is 0.185 e. The zero-order valence-electron chi connectivity index (χ0n) is 15.8. The summed E-state index contributed by atoms with van der Waals surface area (Å²) in [7, 11) is 1.63. The molecule has 3 aromatic carbocycles. The van der Waals surface area contributed by atoms with Crippen molar-refractivity contribution in [1.82, 2.24) is 0 Å². The van der Waals surface area contributed by atoms with Gasteiger partial charge in [0.1, 0.15) is 18.1 Å².